The van der Waals surface area contributed by atoms with Crippen LogP contribution >= 0.6 is 0 Å². The van der Waals surface area contributed by atoms with E-state index in [4.69, 9.17) is 9.47 Å². The average Bonchev–Trinajstić information content (AvgIpc) is 2.73. The maximum atomic E-state index is 12.6. The van der Waals surface area contributed by atoms with Crippen LogP contribution in [0.4, 0.5) is 0 Å². The summed E-state index contributed by atoms with van der Waals surface area (Å²) in [5, 5.41) is 0. The van der Waals surface area contributed by atoms with Gasteiger partial charge < -0.3 is 9.47 Å². The lowest BCUT2D eigenvalue weighted by Gasteiger charge is -2.19. The molecule has 1 aromatic rings. The molecule has 0 saturated carbocycles. The van der Waals surface area contributed by atoms with Crippen LogP contribution in [-0.4, -0.2) is 20.0 Å². The van der Waals surface area contributed by atoms with Gasteiger partial charge in [-0.25, -0.2) is 0 Å². The topological polar surface area (TPSA) is 35.5 Å². The Kier molecular flexibility index (Phi) is 11.0. The van der Waals surface area contributed by atoms with Crippen molar-refractivity contribution in [3.63, 3.8) is 0 Å². The quantitative estimate of drug-likeness (QED) is 0.268. The van der Waals surface area contributed by atoms with Crippen LogP contribution in [0.5, 0.6) is 11.5 Å². The number of ketones is 1. The number of Topliss-reactive ketones (excluding diaryl/α,β-unsaturated/α-hetero) is 1. The fraction of sp³-hybridized carbons (Fsp3) is 0.444. The van der Waals surface area contributed by atoms with Crippen molar-refractivity contribution < 1.29 is 14.3 Å². The minimum Gasteiger partial charge on any atom is -0.496 e. The molecule has 0 N–H and O–H groups in total. The number of benzene rings is 1. The van der Waals surface area contributed by atoms with E-state index in [9.17, 15) is 4.79 Å². The summed E-state index contributed by atoms with van der Waals surface area (Å²) in [5.74, 6) is 1.64. The molecule has 0 aromatic heterocycles. The monoisotopic (exact) mass is 410 g/mol. The highest BCUT2D eigenvalue weighted by molar-refractivity contribution is 6.04. The fourth-order valence-corrected chi connectivity index (χ4v) is 3.60. The standard InChI is InChI=1S/C27H38O3/c1-9-13-15-24(20(6)28)25(16-19(5)14-10-2)22(11-3)21-17-26(29-7)23(12-4)27(18-21)30-8/h11,15-18H,5,9-10,12-14H2,1-4,6-8H3/b22-11?,24-15-,25-16-. The van der Waals surface area contributed by atoms with Gasteiger partial charge in [0.1, 0.15) is 11.5 Å². The predicted octanol–water partition coefficient (Wildman–Crippen LogP) is 7.27. The van der Waals surface area contributed by atoms with Crippen molar-refractivity contribution >= 4 is 11.4 Å². The van der Waals surface area contributed by atoms with E-state index < -0.39 is 0 Å². The Labute approximate surface area is 183 Å². The molecular formula is C27H38O3. The Morgan fingerprint density at radius 1 is 1.03 bits per heavy atom. The number of carbonyl (C=O) groups excluding carboxylic acids is 1. The highest BCUT2D eigenvalue weighted by atomic mass is 16.5. The number of allylic oxidation sites excluding steroid dienone is 7. The number of carbonyl (C=O) groups is 1. The first-order valence-corrected chi connectivity index (χ1v) is 10.9. The molecule has 0 aliphatic carbocycles. The minimum atomic E-state index is 0.0578. The molecular weight excluding hydrogens is 372 g/mol. The molecule has 1 aromatic carbocycles. The maximum Gasteiger partial charge on any atom is 0.160 e. The Bertz CT molecular complexity index is 813. The van der Waals surface area contributed by atoms with E-state index in [1.807, 2.05) is 31.2 Å². The van der Waals surface area contributed by atoms with Crippen molar-refractivity contribution in [2.24, 2.45) is 0 Å². The number of unbranched alkanes of at least 4 members (excludes halogenated alkanes) is 1. The Balaban J connectivity index is 3.77. The van der Waals surface area contributed by atoms with Gasteiger partial charge in [-0.05, 0) is 62.0 Å². The third-order valence-electron chi connectivity index (χ3n) is 5.08. The number of hydrogen-bond acceptors (Lipinski definition) is 3. The summed E-state index contributed by atoms with van der Waals surface area (Å²) in [4.78, 5) is 12.6. The van der Waals surface area contributed by atoms with E-state index in [0.717, 1.165) is 77.0 Å². The van der Waals surface area contributed by atoms with Gasteiger partial charge in [-0.1, -0.05) is 64.0 Å². The highest BCUT2D eigenvalue weighted by Gasteiger charge is 2.19. The van der Waals surface area contributed by atoms with Crippen molar-refractivity contribution in [1.29, 1.82) is 0 Å². The Hall–Kier alpha value is -2.55. The van der Waals surface area contributed by atoms with Crippen molar-refractivity contribution in [2.75, 3.05) is 14.2 Å². The first-order valence-electron chi connectivity index (χ1n) is 10.9. The van der Waals surface area contributed by atoms with Crippen molar-refractivity contribution in [2.45, 2.75) is 66.7 Å². The summed E-state index contributed by atoms with van der Waals surface area (Å²) in [6.07, 6.45) is 10.7. The number of hydrogen-bond donors (Lipinski definition) is 0. The van der Waals surface area contributed by atoms with Crippen LogP contribution in [0.1, 0.15) is 71.4 Å². The van der Waals surface area contributed by atoms with Gasteiger partial charge in [0.25, 0.3) is 0 Å². The zero-order valence-electron chi connectivity index (χ0n) is 19.9. The number of methoxy groups -OCH3 is 2. The predicted molar refractivity (Wildman–Crippen MR) is 128 cm³/mol. The van der Waals surface area contributed by atoms with Crippen LogP contribution in [0.15, 0.2) is 53.7 Å². The molecule has 0 spiro atoms. The van der Waals surface area contributed by atoms with Crippen molar-refractivity contribution in [3.05, 3.63) is 64.8 Å². The Morgan fingerprint density at radius 2 is 1.63 bits per heavy atom. The van der Waals surface area contributed by atoms with Crippen molar-refractivity contribution in [1.82, 2.24) is 0 Å². The highest BCUT2D eigenvalue weighted by Crippen LogP contribution is 2.38. The SMILES string of the molecule is C=C(/C=C(C(=CC)c1cc(OC)c(CC)c(OC)c1)\C(=C/CCC)C(C)=O)CCC. The zero-order chi connectivity index (χ0) is 22.7. The van der Waals surface area contributed by atoms with E-state index in [1.54, 1.807) is 21.1 Å². The molecule has 0 aliphatic rings. The average molecular weight is 411 g/mol. The van der Waals surface area contributed by atoms with Crippen LogP contribution < -0.4 is 9.47 Å². The summed E-state index contributed by atoms with van der Waals surface area (Å²) < 4.78 is 11.3. The minimum absolute atomic E-state index is 0.0578. The van der Waals surface area contributed by atoms with Gasteiger partial charge in [-0.2, -0.15) is 0 Å². The molecule has 3 nitrogen and oxygen atoms in total. The third-order valence-corrected chi connectivity index (χ3v) is 5.08. The van der Waals surface area contributed by atoms with E-state index >= 15 is 0 Å². The van der Waals surface area contributed by atoms with E-state index in [1.165, 1.54) is 0 Å². The summed E-state index contributed by atoms with van der Waals surface area (Å²) in [6.45, 7) is 14.2. The van der Waals surface area contributed by atoms with E-state index in [-0.39, 0.29) is 5.78 Å². The molecule has 164 valence electrons. The second kappa shape index (κ2) is 12.9. The van der Waals surface area contributed by atoms with E-state index in [0.29, 0.717) is 0 Å². The third kappa shape index (κ3) is 6.48. The fourth-order valence-electron chi connectivity index (χ4n) is 3.60. The molecule has 0 aliphatic heterocycles. The lowest BCUT2D eigenvalue weighted by Crippen LogP contribution is -2.05. The van der Waals surface area contributed by atoms with Crippen molar-refractivity contribution in [3.8, 4) is 11.5 Å². The molecule has 0 radical (unpaired) electrons. The maximum absolute atomic E-state index is 12.6. The normalized spacial score (nSPS) is 12.7. The molecule has 3 heteroatoms. The van der Waals surface area contributed by atoms with Gasteiger partial charge in [0, 0.05) is 11.1 Å². The largest absolute Gasteiger partial charge is 0.496 e. The van der Waals surface area contributed by atoms with Crippen LogP contribution in [0.25, 0.3) is 5.57 Å². The molecule has 30 heavy (non-hydrogen) atoms. The molecule has 0 bridgehead atoms. The first kappa shape index (κ1) is 25.5. The second-order valence-electron chi connectivity index (χ2n) is 7.34. The summed E-state index contributed by atoms with van der Waals surface area (Å²) in [5.41, 5.74) is 5.63. The lowest BCUT2D eigenvalue weighted by atomic mass is 9.87. The van der Waals surface area contributed by atoms with Gasteiger partial charge >= 0.3 is 0 Å². The van der Waals surface area contributed by atoms with E-state index in [2.05, 4.69) is 33.4 Å². The smallest absolute Gasteiger partial charge is 0.160 e. The van der Waals surface area contributed by atoms with Crippen LogP contribution in [0.3, 0.4) is 0 Å². The van der Waals surface area contributed by atoms with Crippen LogP contribution in [0.2, 0.25) is 0 Å². The Morgan fingerprint density at radius 3 is 2.03 bits per heavy atom. The summed E-state index contributed by atoms with van der Waals surface area (Å²) >= 11 is 0. The van der Waals surface area contributed by atoms with Gasteiger partial charge in [-0.3, -0.25) is 4.79 Å². The van der Waals surface area contributed by atoms with Gasteiger partial charge in [0.2, 0.25) is 0 Å². The van der Waals surface area contributed by atoms with Gasteiger partial charge in [-0.15, -0.1) is 0 Å². The molecule has 0 heterocycles. The summed E-state index contributed by atoms with van der Waals surface area (Å²) in [7, 11) is 3.35. The first-order chi connectivity index (χ1) is 14.4. The molecule has 0 saturated heterocycles. The molecule has 0 atom stereocenters. The van der Waals surface area contributed by atoms with Crippen LogP contribution in [0, 0.1) is 0 Å². The molecule has 0 amide bonds. The van der Waals surface area contributed by atoms with Gasteiger partial charge in [0.05, 0.1) is 14.2 Å². The van der Waals surface area contributed by atoms with Gasteiger partial charge in [0.15, 0.2) is 5.78 Å². The lowest BCUT2D eigenvalue weighted by molar-refractivity contribution is -0.113. The molecule has 1 rings (SSSR count). The van der Waals surface area contributed by atoms with Crippen LogP contribution in [-0.2, 0) is 11.2 Å². The second-order valence-corrected chi connectivity index (χ2v) is 7.34. The zero-order valence-corrected chi connectivity index (χ0v) is 19.9. The summed E-state index contributed by atoms with van der Waals surface area (Å²) in [6, 6.07) is 4.06. The molecule has 0 unspecified atom stereocenters. The number of rotatable bonds is 12. The molecule has 0 fully saturated rings. The number of ether oxygens (including phenoxy) is 2.